The average Bonchev–Trinajstić information content (AvgIpc) is 2.83. The first-order chi connectivity index (χ1) is 16.1. The number of hydrogen-bond donors (Lipinski definition) is 2. The fraction of sp³-hybridized carbons (Fsp3) is 0.174. The van der Waals surface area contributed by atoms with Crippen molar-refractivity contribution in [3.8, 4) is 11.6 Å². The molecule has 0 unspecified atom stereocenters. The lowest BCUT2D eigenvalue weighted by Crippen LogP contribution is -2.28. The van der Waals surface area contributed by atoms with Crippen LogP contribution in [0.1, 0.15) is 17.3 Å². The van der Waals surface area contributed by atoms with Crippen molar-refractivity contribution in [2.24, 2.45) is 0 Å². The summed E-state index contributed by atoms with van der Waals surface area (Å²) < 4.78 is 10.8. The summed E-state index contributed by atoms with van der Waals surface area (Å²) >= 11 is 0. The van der Waals surface area contributed by atoms with Gasteiger partial charge in [-0.15, -0.1) is 0 Å². The van der Waals surface area contributed by atoms with E-state index in [1.54, 1.807) is 31.6 Å². The van der Waals surface area contributed by atoms with E-state index in [0.717, 1.165) is 12.0 Å². The van der Waals surface area contributed by atoms with Gasteiger partial charge in [-0.2, -0.15) is 4.98 Å². The Morgan fingerprint density at radius 1 is 1.15 bits per heavy atom. The summed E-state index contributed by atoms with van der Waals surface area (Å²) in [4.78, 5) is 37.7. The summed E-state index contributed by atoms with van der Waals surface area (Å²) in [7, 11) is 1.54. The van der Waals surface area contributed by atoms with E-state index in [1.807, 2.05) is 23.1 Å². The highest BCUT2D eigenvalue weighted by Crippen LogP contribution is 2.35. The summed E-state index contributed by atoms with van der Waals surface area (Å²) in [5, 5.41) is 6.27. The quantitative estimate of drug-likeness (QED) is 0.302. The number of hydrogen-bond acceptors (Lipinski definition) is 10. The maximum atomic E-state index is 12.2. The number of rotatable bonds is 8. The molecule has 1 aliphatic rings. The number of nitrogens with one attached hydrogen (secondary N) is 2. The third kappa shape index (κ3) is 5.06. The monoisotopic (exact) mass is 446 g/mol. The van der Waals surface area contributed by atoms with Crippen molar-refractivity contribution < 1.29 is 19.1 Å². The van der Waals surface area contributed by atoms with E-state index in [-0.39, 0.29) is 5.78 Å². The van der Waals surface area contributed by atoms with Crippen LogP contribution in [0, 0.1) is 0 Å². The average molecular weight is 446 g/mol. The smallest absolute Gasteiger partial charge is 0.229 e. The van der Waals surface area contributed by atoms with Crippen LogP contribution in [0.4, 0.5) is 28.8 Å². The molecule has 4 rings (SSSR count). The normalized spacial score (nSPS) is 12.6. The molecule has 0 radical (unpaired) electrons. The van der Waals surface area contributed by atoms with Crippen LogP contribution in [0.25, 0.3) is 0 Å². The molecular formula is C23H22N6O4. The van der Waals surface area contributed by atoms with E-state index >= 15 is 0 Å². The van der Waals surface area contributed by atoms with Gasteiger partial charge in [-0.1, -0.05) is 0 Å². The van der Waals surface area contributed by atoms with Crippen LogP contribution < -0.4 is 25.0 Å². The molecule has 0 aliphatic carbocycles. The van der Waals surface area contributed by atoms with Crippen molar-refractivity contribution in [3.63, 3.8) is 0 Å². The predicted molar refractivity (Wildman–Crippen MR) is 124 cm³/mol. The zero-order valence-corrected chi connectivity index (χ0v) is 18.1. The summed E-state index contributed by atoms with van der Waals surface area (Å²) in [5.41, 5.74) is 2.51. The minimum Gasteiger partial charge on any atom is -0.490 e. The molecule has 0 fully saturated rings. The van der Waals surface area contributed by atoms with Crippen LogP contribution in [0.3, 0.4) is 0 Å². The van der Waals surface area contributed by atoms with Gasteiger partial charge in [0.05, 0.1) is 36.8 Å². The number of benzene rings is 1. The van der Waals surface area contributed by atoms with E-state index in [9.17, 15) is 9.59 Å². The summed E-state index contributed by atoms with van der Waals surface area (Å²) in [6.45, 7) is 2.58. The van der Waals surface area contributed by atoms with E-state index < -0.39 is 0 Å². The van der Waals surface area contributed by atoms with E-state index in [4.69, 9.17) is 9.47 Å². The highest BCUT2D eigenvalue weighted by Gasteiger charge is 2.18. The Morgan fingerprint density at radius 3 is 2.73 bits per heavy atom. The molecule has 0 saturated carbocycles. The first-order valence-corrected chi connectivity index (χ1v) is 10.1. The Kier molecular flexibility index (Phi) is 6.44. The van der Waals surface area contributed by atoms with Crippen molar-refractivity contribution in [1.82, 2.24) is 15.0 Å². The molecule has 0 atom stereocenters. The maximum absolute atomic E-state index is 12.2. The molecule has 3 aromatic rings. The van der Waals surface area contributed by atoms with Crippen LogP contribution in [0.2, 0.25) is 0 Å². The van der Waals surface area contributed by atoms with Gasteiger partial charge >= 0.3 is 0 Å². The number of ether oxygens (including phenoxy) is 2. The van der Waals surface area contributed by atoms with Crippen LogP contribution >= 0.6 is 0 Å². The Balaban J connectivity index is 1.62. The van der Waals surface area contributed by atoms with Gasteiger partial charge in [-0.25, -0.2) is 9.97 Å². The summed E-state index contributed by atoms with van der Waals surface area (Å²) in [6.07, 6.45) is 6.93. The number of anilines is 5. The molecule has 0 amide bonds. The molecule has 10 nitrogen and oxygen atoms in total. The molecular weight excluding hydrogens is 424 g/mol. The molecule has 3 heterocycles. The molecule has 2 N–H and O–H groups in total. The Hall–Kier alpha value is -4.47. The lowest BCUT2D eigenvalue weighted by molar-refractivity contribution is -0.104. The van der Waals surface area contributed by atoms with Gasteiger partial charge in [0.1, 0.15) is 24.5 Å². The number of Topliss-reactive ketones (excluding diaryl/α,β-unsaturated/α-hetero) is 1. The number of allylic oxidation sites excluding steroid dienone is 1. The zero-order chi connectivity index (χ0) is 23.2. The van der Waals surface area contributed by atoms with Crippen molar-refractivity contribution in [2.75, 3.05) is 35.8 Å². The largest absolute Gasteiger partial charge is 0.490 e. The molecule has 10 heteroatoms. The number of carbonyl (C=O) groups is 2. The molecule has 0 saturated heterocycles. The molecule has 168 valence electrons. The van der Waals surface area contributed by atoms with E-state index in [0.29, 0.717) is 53.5 Å². The van der Waals surface area contributed by atoms with Gasteiger partial charge in [0.25, 0.3) is 0 Å². The minimum atomic E-state index is -0.174. The molecule has 2 aromatic heterocycles. The van der Waals surface area contributed by atoms with Gasteiger partial charge in [-0.05, 0) is 37.3 Å². The highest BCUT2D eigenvalue weighted by atomic mass is 16.5. The standard InChI is InChI=1S/C23H22N6O4/c1-15(31)18-14-25-23(27-17-5-7-21(32-2)24-13-17)28-22(18)26-16-4-6-20-19(12-16)29(8-3-10-30)9-11-33-20/h3-8,10,12-14H,9,11H2,1-2H3,(H2,25,26,27,28). The third-order valence-corrected chi connectivity index (χ3v) is 4.84. The predicted octanol–water partition coefficient (Wildman–Crippen LogP) is 3.48. The zero-order valence-electron chi connectivity index (χ0n) is 18.1. The van der Waals surface area contributed by atoms with Gasteiger partial charge in [0.2, 0.25) is 11.8 Å². The van der Waals surface area contributed by atoms with Crippen LogP contribution in [0.15, 0.2) is 55.0 Å². The lowest BCUT2D eigenvalue weighted by atomic mass is 10.2. The first kappa shape index (κ1) is 21.8. The van der Waals surface area contributed by atoms with Crippen LogP contribution in [-0.4, -0.2) is 47.3 Å². The lowest BCUT2D eigenvalue weighted by Gasteiger charge is -2.28. The number of pyridine rings is 1. The van der Waals surface area contributed by atoms with Crippen LogP contribution in [0.5, 0.6) is 11.6 Å². The van der Waals surface area contributed by atoms with Crippen molar-refractivity contribution in [3.05, 3.63) is 60.6 Å². The Labute approximate surface area is 190 Å². The third-order valence-electron chi connectivity index (χ3n) is 4.84. The van der Waals surface area contributed by atoms with Crippen molar-refractivity contribution in [2.45, 2.75) is 6.92 Å². The second kappa shape index (κ2) is 9.77. The van der Waals surface area contributed by atoms with Gasteiger partial charge in [-0.3, -0.25) is 9.59 Å². The fourth-order valence-electron chi connectivity index (χ4n) is 3.25. The van der Waals surface area contributed by atoms with Crippen molar-refractivity contribution in [1.29, 1.82) is 0 Å². The number of aldehydes is 1. The summed E-state index contributed by atoms with van der Waals surface area (Å²) in [6, 6.07) is 9.03. The number of nitrogens with zero attached hydrogens (tertiary/aromatic N) is 4. The maximum Gasteiger partial charge on any atom is 0.229 e. The topological polar surface area (TPSA) is 119 Å². The highest BCUT2D eigenvalue weighted by molar-refractivity contribution is 5.99. The second-order valence-electron chi connectivity index (χ2n) is 7.05. The van der Waals surface area contributed by atoms with Gasteiger partial charge < -0.3 is 25.0 Å². The fourth-order valence-corrected chi connectivity index (χ4v) is 3.25. The molecule has 0 spiro atoms. The SMILES string of the molecule is COc1ccc(Nc2ncc(C(C)=O)c(Nc3ccc4c(c3)N(C=CC=O)CCO4)n2)cn1. The Morgan fingerprint density at radius 2 is 2.00 bits per heavy atom. The number of ketones is 1. The minimum absolute atomic E-state index is 0.174. The molecule has 33 heavy (non-hydrogen) atoms. The van der Waals surface area contributed by atoms with E-state index in [2.05, 4.69) is 25.6 Å². The van der Waals surface area contributed by atoms with Crippen LogP contribution in [-0.2, 0) is 4.79 Å². The summed E-state index contributed by atoms with van der Waals surface area (Å²) in [5.74, 6) is 1.67. The van der Waals surface area contributed by atoms with Gasteiger partial charge in [0.15, 0.2) is 5.78 Å². The molecule has 1 aromatic carbocycles. The van der Waals surface area contributed by atoms with Gasteiger partial charge in [0, 0.05) is 24.2 Å². The Bertz CT molecular complexity index is 1200. The number of carbonyl (C=O) groups excluding carboxylic acids is 2. The number of methoxy groups -OCH3 is 1. The molecule has 0 bridgehead atoms. The van der Waals surface area contributed by atoms with E-state index in [1.165, 1.54) is 19.2 Å². The molecule has 1 aliphatic heterocycles. The first-order valence-electron chi connectivity index (χ1n) is 10.1. The number of aromatic nitrogens is 3. The number of fused-ring (bicyclic) bond motifs is 1. The second-order valence-corrected chi connectivity index (χ2v) is 7.05. The van der Waals surface area contributed by atoms with Crippen molar-refractivity contribution >= 4 is 40.9 Å².